The molecule has 0 bridgehead atoms. The first kappa shape index (κ1) is 61.4. The van der Waals surface area contributed by atoms with Gasteiger partial charge >= 0.3 is 11.9 Å². The quantitative estimate of drug-likeness (QED) is 0.0350. The van der Waals surface area contributed by atoms with Crippen LogP contribution >= 0.6 is 0 Å². The van der Waals surface area contributed by atoms with E-state index >= 15 is 0 Å². The number of aromatic nitrogens is 2. The maximum atomic E-state index is 14.6. The van der Waals surface area contributed by atoms with Gasteiger partial charge in [-0.05, 0) is 93.6 Å². The van der Waals surface area contributed by atoms with Crippen LogP contribution in [-0.4, -0.2) is 144 Å². The maximum absolute atomic E-state index is 14.6. The molecule has 1 aromatic heterocycles. The van der Waals surface area contributed by atoms with Crippen molar-refractivity contribution in [1.82, 2.24) is 31.2 Å². The fraction of sp³-hybridized carbons (Fsp3) is 0.580. The molecule has 2 aromatic carbocycles. The molecule has 7 N–H and O–H groups in total. The number of nitrogens with zero attached hydrogens (tertiary/aromatic N) is 2. The number of sulfonamides is 1. The second-order valence-corrected chi connectivity index (χ2v) is 18.7. The van der Waals surface area contributed by atoms with Crippen molar-refractivity contribution in [2.45, 2.75) is 114 Å². The Morgan fingerprint density at radius 3 is 1.74 bits per heavy atom. The van der Waals surface area contributed by atoms with Crippen LogP contribution in [0.15, 0.2) is 59.8 Å². The largest absolute Gasteiger partial charge is 0.481 e. The van der Waals surface area contributed by atoms with Crippen LogP contribution in [0.5, 0.6) is 11.5 Å². The van der Waals surface area contributed by atoms with Gasteiger partial charge in [-0.25, -0.2) is 27.5 Å². The number of aryl methyl sites for hydroxylation is 1. The van der Waals surface area contributed by atoms with E-state index in [2.05, 4.69) is 36.0 Å². The Morgan fingerprint density at radius 2 is 1.16 bits per heavy atom. The van der Waals surface area contributed by atoms with Crippen molar-refractivity contribution in [1.29, 1.82) is 0 Å². The Balaban J connectivity index is 1.19. The minimum atomic E-state index is -4.10. The molecular formula is C50H74FN7O14S. The van der Waals surface area contributed by atoms with Crippen LogP contribution in [0, 0.1) is 5.82 Å². The highest BCUT2D eigenvalue weighted by atomic mass is 32.2. The molecule has 0 aliphatic rings. The Bertz CT molecular complexity index is 2190. The third-order valence-corrected chi connectivity index (χ3v) is 12.4. The number of anilines is 1. The Labute approximate surface area is 427 Å². The highest BCUT2D eigenvalue weighted by molar-refractivity contribution is 7.92. The summed E-state index contributed by atoms with van der Waals surface area (Å²) < 4.78 is 70.3. The molecule has 0 radical (unpaired) electrons. The van der Waals surface area contributed by atoms with Crippen LogP contribution in [0.2, 0.25) is 0 Å². The van der Waals surface area contributed by atoms with Crippen LogP contribution in [0.1, 0.15) is 112 Å². The molecule has 3 amide bonds. The molecule has 0 spiro atoms. The summed E-state index contributed by atoms with van der Waals surface area (Å²) in [6.45, 7) is 1.62. The number of rotatable bonds is 43. The number of carboxylic acid groups (broad SMARTS) is 2. The van der Waals surface area contributed by atoms with E-state index in [-0.39, 0.29) is 106 Å². The van der Waals surface area contributed by atoms with Crippen LogP contribution in [-0.2, 0) is 54.6 Å². The highest BCUT2D eigenvalue weighted by Crippen LogP contribution is 2.26. The second-order valence-electron chi connectivity index (χ2n) is 17.0. The summed E-state index contributed by atoms with van der Waals surface area (Å²) in [5.74, 6) is -2.53. The molecule has 1 heterocycles. The number of hydrogen-bond donors (Lipinski definition) is 7. The van der Waals surface area contributed by atoms with Gasteiger partial charge in [0.15, 0.2) is 0 Å². The van der Waals surface area contributed by atoms with Gasteiger partial charge in [-0.3, -0.25) is 24.0 Å². The van der Waals surface area contributed by atoms with E-state index in [4.69, 9.17) is 33.9 Å². The molecule has 23 heteroatoms. The number of carbonyl (C=O) groups excluding carboxylic acids is 3. The van der Waals surface area contributed by atoms with E-state index in [0.717, 1.165) is 64.2 Å². The van der Waals surface area contributed by atoms with Gasteiger partial charge < -0.3 is 55.2 Å². The number of halogens is 1. The van der Waals surface area contributed by atoms with Gasteiger partial charge in [0.25, 0.3) is 15.9 Å². The number of nitrogens with one attached hydrogen (secondary N) is 5. The van der Waals surface area contributed by atoms with Gasteiger partial charge in [-0.2, -0.15) is 0 Å². The SMILES string of the molecule is CN[C@@H](CCCCNC(=O)COCCOCCNC(=O)COCCOCCNC(=O)c1cnc(NS(=O)(=O)c2ccc(Oc3ccc(F)c(CCCCCCCCCCCCCC(=O)O)c3)cc2)nc1)C(=O)O. The first-order valence-corrected chi connectivity index (χ1v) is 26.4. The second kappa shape index (κ2) is 37.0. The first-order valence-electron chi connectivity index (χ1n) is 24.9. The van der Waals surface area contributed by atoms with E-state index < -0.39 is 33.9 Å². The Kier molecular flexibility index (Phi) is 31.1. The zero-order chi connectivity index (χ0) is 52.9. The number of likely N-dealkylation sites (N-methyl/N-ethyl adjacent to an activating group) is 1. The van der Waals surface area contributed by atoms with Gasteiger partial charge in [0, 0.05) is 38.4 Å². The van der Waals surface area contributed by atoms with Crippen molar-refractivity contribution in [3.05, 3.63) is 71.8 Å². The lowest BCUT2D eigenvalue weighted by Gasteiger charge is -2.11. The van der Waals surface area contributed by atoms with Crippen molar-refractivity contribution in [3.8, 4) is 11.5 Å². The van der Waals surface area contributed by atoms with Crippen molar-refractivity contribution < 1.29 is 70.7 Å². The Morgan fingerprint density at radius 1 is 0.630 bits per heavy atom. The molecule has 0 unspecified atom stereocenters. The van der Waals surface area contributed by atoms with Gasteiger partial charge in [0.1, 0.15) is 36.6 Å². The Hall–Kier alpha value is -5.85. The standard InChI is InChI=1S/C50H74FN7O14S/c1-52-44(49(64)65)16-13-14-24-53-45(59)36-70-31-29-68-27-25-54-46(60)37-71-32-30-69-28-26-55-48(63)39-34-56-50(57-35-39)58-73(66,67)42-21-18-40(19-22-42)72-41-20-23-43(51)38(33-41)15-11-9-7-5-3-2-4-6-8-10-12-17-47(61)62/h18-23,33-35,44,52H,2-17,24-32,36-37H2,1H3,(H,53,59)(H,54,60)(H,55,63)(H,61,62)(H,64,65)(H,56,57,58)/t44-/m0/s1. The predicted molar refractivity (Wildman–Crippen MR) is 268 cm³/mol. The average Bonchev–Trinajstić information content (AvgIpc) is 3.36. The fourth-order valence-electron chi connectivity index (χ4n) is 7.05. The lowest BCUT2D eigenvalue weighted by molar-refractivity contribution is -0.139. The average molecular weight is 1050 g/mol. The molecule has 1 atom stereocenters. The molecule has 21 nitrogen and oxygen atoms in total. The number of carboxylic acids is 2. The maximum Gasteiger partial charge on any atom is 0.320 e. The summed E-state index contributed by atoms with van der Waals surface area (Å²) in [5, 5.41) is 28.4. The summed E-state index contributed by atoms with van der Waals surface area (Å²) >= 11 is 0. The van der Waals surface area contributed by atoms with Gasteiger partial charge in [0.2, 0.25) is 17.8 Å². The van der Waals surface area contributed by atoms with E-state index in [0.29, 0.717) is 49.3 Å². The molecule has 406 valence electrons. The lowest BCUT2D eigenvalue weighted by Crippen LogP contribution is -2.34. The number of amides is 3. The third-order valence-electron chi connectivity index (χ3n) is 11.1. The molecule has 73 heavy (non-hydrogen) atoms. The van der Waals surface area contributed by atoms with Crippen molar-refractivity contribution in [2.75, 3.05) is 84.3 Å². The number of carbonyl (C=O) groups is 5. The topological polar surface area (TPSA) is 292 Å². The summed E-state index contributed by atoms with van der Waals surface area (Å²) in [5.41, 5.74) is 0.640. The zero-order valence-electron chi connectivity index (χ0n) is 41.8. The van der Waals surface area contributed by atoms with E-state index in [9.17, 15) is 36.8 Å². The molecule has 0 saturated heterocycles. The molecule has 0 fully saturated rings. The lowest BCUT2D eigenvalue weighted by atomic mass is 10.0. The first-order chi connectivity index (χ1) is 35.3. The number of hydrogen-bond acceptors (Lipinski definition) is 15. The minimum Gasteiger partial charge on any atom is -0.481 e. The number of aliphatic carboxylic acids is 2. The molecule has 0 aliphatic carbocycles. The predicted octanol–water partition coefficient (Wildman–Crippen LogP) is 5.39. The van der Waals surface area contributed by atoms with Crippen LogP contribution in [0.4, 0.5) is 10.3 Å². The highest BCUT2D eigenvalue weighted by Gasteiger charge is 2.18. The zero-order valence-corrected chi connectivity index (χ0v) is 42.7. The molecule has 0 saturated carbocycles. The number of benzene rings is 2. The van der Waals surface area contributed by atoms with E-state index in [1.165, 1.54) is 55.2 Å². The van der Waals surface area contributed by atoms with Crippen LogP contribution in [0.3, 0.4) is 0 Å². The van der Waals surface area contributed by atoms with E-state index in [1.54, 1.807) is 13.1 Å². The van der Waals surface area contributed by atoms with Crippen molar-refractivity contribution in [3.63, 3.8) is 0 Å². The minimum absolute atomic E-state index is 0.0843. The van der Waals surface area contributed by atoms with Crippen LogP contribution < -0.4 is 30.7 Å². The monoisotopic (exact) mass is 1050 g/mol. The summed E-state index contributed by atoms with van der Waals surface area (Å²) in [4.78, 5) is 65.8. The summed E-state index contributed by atoms with van der Waals surface area (Å²) in [6.07, 6.45) is 16.4. The van der Waals surface area contributed by atoms with E-state index in [1.807, 2.05) is 0 Å². The molecule has 3 aromatic rings. The number of ether oxygens (including phenoxy) is 5. The van der Waals surface area contributed by atoms with Gasteiger partial charge in [-0.1, -0.05) is 57.8 Å². The molecule has 3 rings (SSSR count). The number of unbranched alkanes of at least 4 members (excludes halogenated alkanes) is 11. The van der Waals surface area contributed by atoms with Gasteiger partial charge in [-0.15, -0.1) is 0 Å². The third kappa shape index (κ3) is 28.3. The van der Waals surface area contributed by atoms with Crippen LogP contribution in [0.25, 0.3) is 0 Å². The molecular weight excluding hydrogens is 974 g/mol. The normalized spacial score (nSPS) is 11.7. The fourth-order valence-corrected chi connectivity index (χ4v) is 8.01. The van der Waals surface area contributed by atoms with Crippen molar-refractivity contribution >= 4 is 45.6 Å². The van der Waals surface area contributed by atoms with Crippen molar-refractivity contribution in [2.24, 2.45) is 0 Å². The summed E-state index contributed by atoms with van der Waals surface area (Å²) in [7, 11) is -2.51. The summed E-state index contributed by atoms with van der Waals surface area (Å²) in [6, 6.07) is 9.61. The smallest absolute Gasteiger partial charge is 0.320 e. The van der Waals surface area contributed by atoms with Gasteiger partial charge in [0.05, 0.1) is 50.1 Å². The molecule has 0 aliphatic heterocycles.